The van der Waals surface area contributed by atoms with Crippen molar-refractivity contribution in [1.82, 2.24) is 14.9 Å². The number of aromatic nitrogens is 2. The third-order valence-corrected chi connectivity index (χ3v) is 3.55. The van der Waals surface area contributed by atoms with E-state index in [9.17, 15) is 4.79 Å². The Kier molecular flexibility index (Phi) is 4.31. The van der Waals surface area contributed by atoms with E-state index in [0.717, 1.165) is 24.8 Å². The number of amides is 1. The largest absolute Gasteiger partial charge is 0.357 e. The molecule has 104 valence electrons. The van der Waals surface area contributed by atoms with Crippen LogP contribution in [0.1, 0.15) is 24.8 Å². The molecule has 0 saturated heterocycles. The van der Waals surface area contributed by atoms with Crippen LogP contribution in [0.3, 0.4) is 0 Å². The van der Waals surface area contributed by atoms with Gasteiger partial charge in [-0.05, 0) is 19.3 Å². The van der Waals surface area contributed by atoms with Crippen LogP contribution in [0.2, 0.25) is 0 Å². The molecule has 0 bridgehead atoms. The van der Waals surface area contributed by atoms with E-state index in [-0.39, 0.29) is 17.9 Å². The van der Waals surface area contributed by atoms with Gasteiger partial charge in [0.05, 0.1) is 0 Å². The number of carbonyl (C=O) groups excluding carboxylic acids is 1. The monoisotopic (exact) mass is 263 g/mol. The molecule has 2 rings (SSSR count). The third kappa shape index (κ3) is 3.41. The fourth-order valence-electron chi connectivity index (χ4n) is 2.47. The lowest BCUT2D eigenvalue weighted by Gasteiger charge is -2.20. The molecule has 0 radical (unpaired) electrons. The average molecular weight is 263 g/mol. The maximum atomic E-state index is 12.2. The van der Waals surface area contributed by atoms with E-state index < -0.39 is 0 Å². The maximum Gasteiger partial charge on any atom is 0.225 e. The van der Waals surface area contributed by atoms with Crippen molar-refractivity contribution in [1.29, 1.82) is 0 Å². The highest BCUT2D eigenvalue weighted by Gasteiger charge is 2.29. The highest BCUT2D eigenvalue weighted by molar-refractivity contribution is 5.78. The summed E-state index contributed by atoms with van der Waals surface area (Å²) in [7, 11) is 3.59. The van der Waals surface area contributed by atoms with Gasteiger partial charge in [0.1, 0.15) is 0 Å². The van der Waals surface area contributed by atoms with E-state index in [4.69, 9.17) is 5.73 Å². The molecule has 1 amide bonds. The van der Waals surface area contributed by atoms with Crippen LogP contribution in [-0.4, -0.2) is 40.9 Å². The first-order valence-electron chi connectivity index (χ1n) is 6.59. The number of nitrogens with one attached hydrogen (secondary N) is 1. The minimum absolute atomic E-state index is 0.0810. The van der Waals surface area contributed by atoms with Gasteiger partial charge >= 0.3 is 0 Å². The van der Waals surface area contributed by atoms with Gasteiger partial charge in [0, 0.05) is 50.6 Å². The molecule has 19 heavy (non-hydrogen) atoms. The fourth-order valence-corrected chi connectivity index (χ4v) is 2.47. The molecule has 1 aromatic heterocycles. The van der Waals surface area contributed by atoms with Crippen LogP contribution in [0, 0.1) is 5.92 Å². The normalized spacial score (nSPS) is 22.3. The number of rotatable bonds is 4. The standard InChI is InChI=1S/C13H21N5O/c1-15-13-16-6-9(7-17-13)8-18(2)12(19)10-3-4-11(14)5-10/h6-7,10-11H,3-5,8,14H2,1-2H3,(H,15,16,17)/t10-,11+/m0/s1. The third-order valence-electron chi connectivity index (χ3n) is 3.55. The van der Waals surface area contributed by atoms with Crippen molar-refractivity contribution in [2.45, 2.75) is 31.8 Å². The summed E-state index contributed by atoms with van der Waals surface area (Å²) in [4.78, 5) is 22.2. The lowest BCUT2D eigenvalue weighted by atomic mass is 10.1. The Labute approximate surface area is 113 Å². The van der Waals surface area contributed by atoms with Crippen molar-refractivity contribution < 1.29 is 4.79 Å². The van der Waals surface area contributed by atoms with Crippen LogP contribution >= 0.6 is 0 Å². The summed E-state index contributed by atoms with van der Waals surface area (Å²) in [6.07, 6.45) is 6.13. The van der Waals surface area contributed by atoms with Gasteiger partial charge in [-0.1, -0.05) is 0 Å². The number of hydrogen-bond acceptors (Lipinski definition) is 5. The smallest absolute Gasteiger partial charge is 0.225 e. The summed E-state index contributed by atoms with van der Waals surface area (Å²) in [6.45, 7) is 0.536. The summed E-state index contributed by atoms with van der Waals surface area (Å²) in [5, 5.41) is 2.86. The first kappa shape index (κ1) is 13.7. The number of anilines is 1. The Balaban J connectivity index is 1.92. The van der Waals surface area contributed by atoms with Crippen LogP contribution in [-0.2, 0) is 11.3 Å². The Hall–Kier alpha value is -1.69. The van der Waals surface area contributed by atoms with Gasteiger partial charge in [-0.15, -0.1) is 0 Å². The predicted molar refractivity (Wildman–Crippen MR) is 73.4 cm³/mol. The number of hydrogen-bond donors (Lipinski definition) is 2. The van der Waals surface area contributed by atoms with E-state index in [1.54, 1.807) is 24.3 Å². The van der Waals surface area contributed by atoms with Gasteiger partial charge in [-0.3, -0.25) is 4.79 Å². The van der Waals surface area contributed by atoms with Crippen LogP contribution in [0.5, 0.6) is 0 Å². The summed E-state index contributed by atoms with van der Waals surface area (Å²) in [5.74, 6) is 0.836. The fraction of sp³-hybridized carbons (Fsp3) is 0.615. The van der Waals surface area contributed by atoms with Crippen LogP contribution in [0.25, 0.3) is 0 Å². The molecule has 1 aromatic rings. The Morgan fingerprint density at radius 1 is 1.47 bits per heavy atom. The summed E-state index contributed by atoms with van der Waals surface area (Å²) >= 11 is 0. The second kappa shape index (κ2) is 5.97. The molecule has 0 unspecified atom stereocenters. The molecule has 6 heteroatoms. The Bertz CT molecular complexity index is 433. The highest BCUT2D eigenvalue weighted by Crippen LogP contribution is 2.26. The lowest BCUT2D eigenvalue weighted by Crippen LogP contribution is -2.32. The van der Waals surface area contributed by atoms with Gasteiger partial charge < -0.3 is 16.0 Å². The summed E-state index contributed by atoms with van der Waals surface area (Å²) in [6, 6.07) is 0.181. The summed E-state index contributed by atoms with van der Waals surface area (Å²) in [5.41, 5.74) is 6.78. The minimum Gasteiger partial charge on any atom is -0.357 e. The molecular weight excluding hydrogens is 242 g/mol. The van der Waals surface area contributed by atoms with Gasteiger partial charge in [-0.25, -0.2) is 9.97 Å². The highest BCUT2D eigenvalue weighted by atomic mass is 16.2. The molecule has 1 fully saturated rings. The predicted octanol–water partition coefficient (Wildman–Crippen LogP) is 0.604. The zero-order valence-corrected chi connectivity index (χ0v) is 11.5. The van der Waals surface area contributed by atoms with Crippen molar-refractivity contribution in [2.75, 3.05) is 19.4 Å². The quantitative estimate of drug-likeness (QED) is 0.831. The number of nitrogens with two attached hydrogens (primary N) is 1. The van der Waals surface area contributed by atoms with Crippen LogP contribution in [0.15, 0.2) is 12.4 Å². The van der Waals surface area contributed by atoms with Crippen LogP contribution < -0.4 is 11.1 Å². The Morgan fingerprint density at radius 3 is 2.68 bits per heavy atom. The molecule has 0 spiro atoms. The zero-order valence-electron chi connectivity index (χ0n) is 11.5. The van der Waals surface area contributed by atoms with E-state index in [0.29, 0.717) is 12.5 Å². The van der Waals surface area contributed by atoms with E-state index in [2.05, 4.69) is 15.3 Å². The van der Waals surface area contributed by atoms with Crippen molar-refractivity contribution >= 4 is 11.9 Å². The SMILES string of the molecule is CNc1ncc(CN(C)C(=O)[C@H]2CC[C@@H](N)C2)cn1. The van der Waals surface area contributed by atoms with Gasteiger partial charge in [0.25, 0.3) is 0 Å². The summed E-state index contributed by atoms with van der Waals surface area (Å²) < 4.78 is 0. The zero-order chi connectivity index (χ0) is 13.8. The van der Waals surface area contributed by atoms with Gasteiger partial charge in [0.2, 0.25) is 11.9 Å². The first-order valence-corrected chi connectivity index (χ1v) is 6.59. The molecule has 1 heterocycles. The molecular formula is C13H21N5O. The lowest BCUT2D eigenvalue weighted by molar-refractivity contribution is -0.134. The van der Waals surface area contributed by atoms with Crippen molar-refractivity contribution in [3.8, 4) is 0 Å². The van der Waals surface area contributed by atoms with E-state index in [1.807, 2.05) is 7.05 Å². The Morgan fingerprint density at radius 2 is 2.16 bits per heavy atom. The number of nitrogens with zero attached hydrogens (tertiary/aromatic N) is 3. The molecule has 0 aliphatic heterocycles. The second-order valence-corrected chi connectivity index (χ2v) is 5.13. The topological polar surface area (TPSA) is 84.1 Å². The van der Waals surface area contributed by atoms with Crippen LogP contribution in [0.4, 0.5) is 5.95 Å². The van der Waals surface area contributed by atoms with Gasteiger partial charge in [0.15, 0.2) is 0 Å². The van der Waals surface area contributed by atoms with E-state index >= 15 is 0 Å². The second-order valence-electron chi connectivity index (χ2n) is 5.13. The molecule has 2 atom stereocenters. The van der Waals surface area contributed by atoms with Crippen molar-refractivity contribution in [3.63, 3.8) is 0 Å². The molecule has 0 aromatic carbocycles. The average Bonchev–Trinajstić information content (AvgIpc) is 2.85. The van der Waals surface area contributed by atoms with Gasteiger partial charge in [-0.2, -0.15) is 0 Å². The number of carbonyl (C=O) groups is 1. The van der Waals surface area contributed by atoms with Crippen molar-refractivity contribution in [2.24, 2.45) is 11.7 Å². The first-order chi connectivity index (χ1) is 9.10. The van der Waals surface area contributed by atoms with Crippen molar-refractivity contribution in [3.05, 3.63) is 18.0 Å². The molecule has 1 aliphatic carbocycles. The molecule has 1 saturated carbocycles. The minimum atomic E-state index is 0.0810. The maximum absolute atomic E-state index is 12.2. The molecule has 3 N–H and O–H groups in total. The molecule has 1 aliphatic rings. The van der Waals surface area contributed by atoms with E-state index in [1.165, 1.54) is 0 Å². The molecule has 6 nitrogen and oxygen atoms in total.